The minimum Gasteiger partial charge on any atom is -0.309 e. The minimum atomic E-state index is -2.03. The third-order valence-corrected chi connectivity index (χ3v) is 15.5. The van der Waals surface area contributed by atoms with Crippen molar-refractivity contribution in [3.63, 3.8) is 0 Å². The first-order valence-corrected chi connectivity index (χ1v) is 23.0. The molecule has 11 rings (SSSR count). The molecular weight excluding hydrogens is 719 g/mol. The van der Waals surface area contributed by atoms with Crippen LogP contribution in [-0.4, -0.2) is 22.6 Å². The van der Waals surface area contributed by atoms with Crippen LogP contribution in [0, 0.1) is 0 Å². The van der Waals surface area contributed by atoms with Crippen molar-refractivity contribution >= 4 is 40.3 Å². The second-order valence-electron chi connectivity index (χ2n) is 15.8. The van der Waals surface area contributed by atoms with E-state index in [9.17, 15) is 0 Å². The molecule has 0 spiro atoms. The van der Waals surface area contributed by atoms with E-state index in [2.05, 4.69) is 218 Å². The van der Waals surface area contributed by atoms with Crippen LogP contribution in [0.25, 0.3) is 94.8 Å². The van der Waals surface area contributed by atoms with Crippen LogP contribution in [0.3, 0.4) is 0 Å². The van der Waals surface area contributed by atoms with E-state index in [1.165, 1.54) is 60.0 Å². The highest BCUT2D eigenvalue weighted by molar-refractivity contribution is 7.04. The zero-order chi connectivity index (χ0) is 38.8. The van der Waals surface area contributed by atoms with E-state index in [1.807, 2.05) is 0 Å². The summed E-state index contributed by atoms with van der Waals surface area (Å²) >= 11 is 0. The van der Waals surface area contributed by atoms with Crippen LogP contribution in [0.5, 0.6) is 0 Å². The molecule has 58 heavy (non-hydrogen) atoms. The van der Waals surface area contributed by atoms with Crippen molar-refractivity contribution in [1.82, 2.24) is 14.5 Å². The molecule has 1 aliphatic rings. The Morgan fingerprint density at radius 1 is 0.379 bits per heavy atom. The maximum atomic E-state index is 5.39. The zero-order valence-electron chi connectivity index (χ0n) is 32.4. The van der Waals surface area contributed by atoms with Gasteiger partial charge < -0.3 is 4.57 Å². The molecule has 10 aromatic rings. The molecule has 0 aliphatic carbocycles. The molecule has 3 nitrogen and oxygen atoms in total. The molecule has 0 radical (unpaired) electrons. The van der Waals surface area contributed by atoms with Crippen molar-refractivity contribution in [2.45, 2.75) is 13.1 Å². The van der Waals surface area contributed by atoms with Crippen molar-refractivity contribution in [2.24, 2.45) is 0 Å². The first-order chi connectivity index (χ1) is 28.5. The number of nitrogens with zero attached hydrogens (tertiary/aromatic N) is 3. The Morgan fingerprint density at radius 3 is 1.48 bits per heavy atom. The third kappa shape index (κ3) is 5.56. The van der Waals surface area contributed by atoms with E-state index < -0.39 is 8.07 Å². The molecule has 0 amide bonds. The van der Waals surface area contributed by atoms with Gasteiger partial charge in [0.25, 0.3) is 0 Å². The molecule has 0 saturated heterocycles. The summed E-state index contributed by atoms with van der Waals surface area (Å²) in [4.78, 5) is 10.8. The Morgan fingerprint density at radius 2 is 0.845 bits per heavy atom. The molecule has 274 valence electrons. The molecule has 8 aromatic carbocycles. The molecule has 1 aliphatic heterocycles. The van der Waals surface area contributed by atoms with Crippen molar-refractivity contribution in [3.8, 4) is 73.0 Å². The summed E-state index contributed by atoms with van der Waals surface area (Å²) in [5.74, 6) is 0.757. The number of hydrogen-bond donors (Lipinski definition) is 0. The van der Waals surface area contributed by atoms with E-state index in [0.29, 0.717) is 0 Å². The Balaban J connectivity index is 1.02. The lowest BCUT2D eigenvalue weighted by Gasteiger charge is -2.21. The van der Waals surface area contributed by atoms with Gasteiger partial charge >= 0.3 is 0 Å². The Hall–Kier alpha value is -7.14. The zero-order valence-corrected chi connectivity index (χ0v) is 33.4. The summed E-state index contributed by atoms with van der Waals surface area (Å²) in [6.45, 7) is 4.86. The average Bonchev–Trinajstić information content (AvgIpc) is 3.74. The molecule has 0 fully saturated rings. The summed E-state index contributed by atoms with van der Waals surface area (Å²) < 4.78 is 2.39. The number of benzene rings is 8. The van der Waals surface area contributed by atoms with Gasteiger partial charge in [0.1, 0.15) is 8.07 Å². The van der Waals surface area contributed by atoms with Gasteiger partial charge in [-0.3, -0.25) is 0 Å². The Kier molecular flexibility index (Phi) is 7.95. The highest BCUT2D eigenvalue weighted by Crippen LogP contribution is 2.39. The lowest BCUT2D eigenvalue weighted by atomic mass is 9.96. The summed E-state index contributed by atoms with van der Waals surface area (Å²) in [7, 11) is -2.03. The fourth-order valence-electron chi connectivity index (χ4n) is 9.14. The third-order valence-electron chi connectivity index (χ3n) is 12.0. The van der Waals surface area contributed by atoms with Gasteiger partial charge in [0.2, 0.25) is 0 Å². The van der Waals surface area contributed by atoms with Crippen LogP contribution in [0.2, 0.25) is 13.1 Å². The summed E-state index contributed by atoms with van der Waals surface area (Å²) in [6, 6.07) is 72.2. The van der Waals surface area contributed by atoms with Crippen LogP contribution in [0.15, 0.2) is 200 Å². The van der Waals surface area contributed by atoms with Crippen LogP contribution >= 0.6 is 0 Å². The van der Waals surface area contributed by atoms with E-state index in [1.54, 1.807) is 0 Å². The molecule has 0 N–H and O–H groups in total. The lowest BCUT2D eigenvalue weighted by Crippen LogP contribution is -2.50. The topological polar surface area (TPSA) is 30.7 Å². The van der Waals surface area contributed by atoms with Crippen molar-refractivity contribution < 1.29 is 0 Å². The number of para-hydroxylation sites is 1. The molecule has 0 bridgehead atoms. The summed E-state index contributed by atoms with van der Waals surface area (Å²) in [5, 5.41) is 5.23. The largest absolute Gasteiger partial charge is 0.309 e. The monoisotopic (exact) mass is 757 g/mol. The number of rotatable bonds is 6. The molecule has 0 unspecified atom stereocenters. The molecule has 3 heterocycles. The standard InChI is InChI=1S/C54H39N3Si/c1-58(2)50-27-13-12-26-45(50)52-53(58)51(37-18-8-4-9-19-37)55-54(56-52)43-23-15-22-40(33-43)38-20-14-21-39(32-38)42-29-31-49-47(35-42)46-34-41(36-16-6-3-7-17-36)28-30-48(46)57(49)44-24-10-5-11-25-44/h3-35H,1-2H3. The Labute approximate surface area is 339 Å². The van der Waals surface area contributed by atoms with E-state index >= 15 is 0 Å². The first-order valence-electron chi connectivity index (χ1n) is 20.0. The molecule has 0 saturated carbocycles. The summed E-state index contributed by atoms with van der Waals surface area (Å²) in [5.41, 5.74) is 16.2. The second kappa shape index (κ2) is 13.5. The van der Waals surface area contributed by atoms with Crippen LogP contribution in [0.4, 0.5) is 0 Å². The van der Waals surface area contributed by atoms with Crippen molar-refractivity contribution in [2.75, 3.05) is 0 Å². The van der Waals surface area contributed by atoms with E-state index in [-0.39, 0.29) is 0 Å². The maximum absolute atomic E-state index is 5.39. The van der Waals surface area contributed by atoms with E-state index in [4.69, 9.17) is 9.97 Å². The lowest BCUT2D eigenvalue weighted by molar-refractivity contribution is 1.18. The van der Waals surface area contributed by atoms with Gasteiger partial charge in [0.15, 0.2) is 5.82 Å². The van der Waals surface area contributed by atoms with Gasteiger partial charge in [-0.25, -0.2) is 9.97 Å². The van der Waals surface area contributed by atoms with Gasteiger partial charge in [-0.1, -0.05) is 165 Å². The fourth-order valence-corrected chi connectivity index (χ4v) is 12.4. The summed E-state index contributed by atoms with van der Waals surface area (Å²) in [6.07, 6.45) is 0. The van der Waals surface area contributed by atoms with Crippen molar-refractivity contribution in [3.05, 3.63) is 200 Å². The molecule has 4 heteroatoms. The van der Waals surface area contributed by atoms with Crippen molar-refractivity contribution in [1.29, 1.82) is 0 Å². The Bertz CT molecular complexity index is 3180. The molecule has 0 atom stereocenters. The van der Waals surface area contributed by atoms with Gasteiger partial charge in [0, 0.05) is 27.6 Å². The average molecular weight is 758 g/mol. The quantitative estimate of drug-likeness (QED) is 0.158. The normalized spacial score (nSPS) is 12.8. The maximum Gasteiger partial charge on any atom is 0.160 e. The fraction of sp³-hybridized carbons (Fsp3) is 0.0370. The van der Waals surface area contributed by atoms with Gasteiger partial charge in [0.05, 0.1) is 22.4 Å². The SMILES string of the molecule is C[Si]1(C)c2ccccc2-c2nc(-c3cccc(-c4cccc(-c5ccc6c(c5)c5cc(-c7ccccc7)ccc5n6-c5ccccc5)c4)c3)nc(-c3ccccc3)c21. The van der Waals surface area contributed by atoms with Crippen LogP contribution in [0.1, 0.15) is 0 Å². The predicted octanol–water partition coefficient (Wildman–Crippen LogP) is 12.7. The first kappa shape index (κ1) is 34.1. The predicted molar refractivity (Wildman–Crippen MR) is 246 cm³/mol. The second-order valence-corrected chi connectivity index (χ2v) is 20.1. The number of fused-ring (bicyclic) bond motifs is 6. The minimum absolute atomic E-state index is 0.757. The highest BCUT2D eigenvalue weighted by Gasteiger charge is 2.41. The van der Waals surface area contributed by atoms with Gasteiger partial charge in [-0.05, 0) is 97.8 Å². The van der Waals surface area contributed by atoms with Crippen LogP contribution < -0.4 is 10.4 Å². The number of aromatic nitrogens is 3. The smallest absolute Gasteiger partial charge is 0.160 e. The molecular formula is C54H39N3Si. The van der Waals surface area contributed by atoms with Gasteiger partial charge in [-0.2, -0.15) is 0 Å². The highest BCUT2D eigenvalue weighted by atomic mass is 28.3. The number of hydrogen-bond acceptors (Lipinski definition) is 2. The van der Waals surface area contributed by atoms with E-state index in [0.717, 1.165) is 45.2 Å². The van der Waals surface area contributed by atoms with Crippen LogP contribution in [-0.2, 0) is 0 Å². The molecule has 2 aromatic heterocycles. The van der Waals surface area contributed by atoms with Gasteiger partial charge in [-0.15, -0.1) is 0 Å².